The summed E-state index contributed by atoms with van der Waals surface area (Å²) in [7, 11) is -3.88. The van der Waals surface area contributed by atoms with Gasteiger partial charge in [0.1, 0.15) is 5.37 Å². The molecule has 2 aliphatic heterocycles. The van der Waals surface area contributed by atoms with Gasteiger partial charge in [-0.1, -0.05) is 103 Å². The maximum atomic E-state index is 13.8. The van der Waals surface area contributed by atoms with Gasteiger partial charge in [0.15, 0.2) is 0 Å². The molecule has 1 amide bonds. The second-order valence-corrected chi connectivity index (χ2v) is 14.8. The average Bonchev–Trinajstić information content (AvgIpc) is 3.60. The number of piperidine rings is 1. The zero-order chi connectivity index (χ0) is 31.3. The first-order valence-corrected chi connectivity index (χ1v) is 18.0. The number of sulfonamides is 1. The first-order chi connectivity index (χ1) is 21.8. The number of nitrogens with zero attached hydrogens (tertiary/aromatic N) is 2. The highest BCUT2D eigenvalue weighted by Gasteiger charge is 2.41. The number of aliphatic hydroxyl groups is 1. The minimum atomic E-state index is -3.88. The number of likely N-dealkylation sites (tertiary alicyclic amines) is 1. The highest BCUT2D eigenvalue weighted by Crippen LogP contribution is 2.34. The molecule has 234 valence electrons. The summed E-state index contributed by atoms with van der Waals surface area (Å²) in [6, 6.07) is 36.1. The predicted molar refractivity (Wildman–Crippen MR) is 180 cm³/mol. The lowest BCUT2D eigenvalue weighted by atomic mass is 9.84. The smallest absolute Gasteiger partial charge is 0.249 e. The molecule has 2 atom stereocenters. The lowest BCUT2D eigenvalue weighted by Gasteiger charge is -2.39. The first kappa shape index (κ1) is 31.5. The van der Waals surface area contributed by atoms with Crippen LogP contribution in [0.3, 0.4) is 0 Å². The summed E-state index contributed by atoms with van der Waals surface area (Å²) in [5.74, 6) is 0.251. The van der Waals surface area contributed by atoms with Gasteiger partial charge in [-0.05, 0) is 53.6 Å². The van der Waals surface area contributed by atoms with E-state index in [2.05, 4.69) is 10.2 Å². The highest BCUT2D eigenvalue weighted by molar-refractivity contribution is 8.02. The Kier molecular flexibility index (Phi) is 9.72. The van der Waals surface area contributed by atoms with Gasteiger partial charge in [0.25, 0.3) is 0 Å². The Balaban J connectivity index is 1.12. The van der Waals surface area contributed by atoms with Crippen LogP contribution in [-0.2, 0) is 20.4 Å². The van der Waals surface area contributed by atoms with Crippen molar-refractivity contribution in [2.24, 2.45) is 0 Å². The Morgan fingerprint density at radius 1 is 0.822 bits per heavy atom. The standard InChI is InChI=1S/C36H39N3O4S2/c40-34(35-39(26-27-44-35)45(42,43)32-18-16-29(17-19-32)28-10-4-1-5-11-28)37-33(30-12-6-2-7-13-30)20-23-38-24-21-36(41,22-25-38)31-14-8-3-9-15-31/h1-19,33,35,41H,20-27H2,(H,37,40). The van der Waals surface area contributed by atoms with Gasteiger partial charge in [0, 0.05) is 31.9 Å². The SMILES string of the molecule is O=C(NC(CCN1CCC(O)(c2ccccc2)CC1)c1ccccc1)C1SCCN1S(=O)(=O)c1ccc(-c2ccccc2)cc1. The molecule has 0 spiro atoms. The second kappa shape index (κ2) is 13.9. The molecule has 6 rings (SSSR count). The van der Waals surface area contributed by atoms with Crippen LogP contribution in [0, 0.1) is 0 Å². The monoisotopic (exact) mass is 641 g/mol. The summed E-state index contributed by atoms with van der Waals surface area (Å²) in [6.07, 6.45) is 1.97. The molecule has 2 N–H and O–H groups in total. The molecule has 0 saturated carbocycles. The fourth-order valence-electron chi connectivity index (χ4n) is 6.24. The van der Waals surface area contributed by atoms with Gasteiger partial charge in [0.2, 0.25) is 15.9 Å². The van der Waals surface area contributed by atoms with Crippen molar-refractivity contribution in [3.05, 3.63) is 126 Å². The Morgan fingerprint density at radius 2 is 1.40 bits per heavy atom. The molecule has 2 heterocycles. The van der Waals surface area contributed by atoms with E-state index >= 15 is 0 Å². The molecule has 2 unspecified atom stereocenters. The van der Waals surface area contributed by atoms with Gasteiger partial charge in [-0.15, -0.1) is 11.8 Å². The maximum absolute atomic E-state index is 13.8. The molecular formula is C36H39N3O4S2. The van der Waals surface area contributed by atoms with Gasteiger partial charge in [-0.2, -0.15) is 4.31 Å². The number of amides is 1. The van der Waals surface area contributed by atoms with Crippen LogP contribution in [0.15, 0.2) is 120 Å². The molecule has 2 fully saturated rings. The van der Waals surface area contributed by atoms with E-state index in [4.69, 9.17) is 0 Å². The Labute approximate surface area is 270 Å². The molecule has 4 aromatic rings. The summed E-state index contributed by atoms with van der Waals surface area (Å²) in [6.45, 7) is 2.54. The van der Waals surface area contributed by atoms with Crippen LogP contribution < -0.4 is 5.32 Å². The molecule has 0 bridgehead atoms. The average molecular weight is 642 g/mol. The van der Waals surface area contributed by atoms with Crippen LogP contribution in [-0.4, -0.2) is 65.9 Å². The lowest BCUT2D eigenvalue weighted by molar-refractivity contribution is -0.123. The summed E-state index contributed by atoms with van der Waals surface area (Å²) in [4.78, 5) is 16.3. The van der Waals surface area contributed by atoms with Gasteiger partial charge in [-0.25, -0.2) is 8.42 Å². The van der Waals surface area contributed by atoms with Crippen molar-refractivity contribution in [2.75, 3.05) is 31.9 Å². The summed E-state index contributed by atoms with van der Waals surface area (Å²) in [5, 5.41) is 13.6. The number of hydrogen-bond acceptors (Lipinski definition) is 6. The fraction of sp³-hybridized carbons (Fsp3) is 0.306. The molecule has 0 radical (unpaired) electrons. The Hall–Kier alpha value is -3.47. The minimum Gasteiger partial charge on any atom is -0.385 e. The van der Waals surface area contributed by atoms with E-state index in [1.807, 2.05) is 103 Å². The Morgan fingerprint density at radius 3 is 2.04 bits per heavy atom. The molecule has 7 nitrogen and oxygen atoms in total. The number of rotatable bonds is 10. The van der Waals surface area contributed by atoms with E-state index < -0.39 is 21.0 Å². The van der Waals surface area contributed by atoms with Crippen LogP contribution in [0.5, 0.6) is 0 Å². The third-order valence-electron chi connectivity index (χ3n) is 8.89. The summed E-state index contributed by atoms with van der Waals surface area (Å²) < 4.78 is 28.8. The highest BCUT2D eigenvalue weighted by atomic mass is 32.2. The van der Waals surface area contributed by atoms with Crippen LogP contribution in [0.25, 0.3) is 11.1 Å². The van der Waals surface area contributed by atoms with E-state index in [1.165, 1.54) is 16.1 Å². The summed E-state index contributed by atoms with van der Waals surface area (Å²) in [5.41, 5.74) is 3.07. The molecule has 0 aromatic heterocycles. The second-order valence-electron chi connectivity index (χ2n) is 11.7. The van der Waals surface area contributed by atoms with E-state index in [0.717, 1.165) is 41.9 Å². The van der Waals surface area contributed by atoms with Gasteiger partial charge >= 0.3 is 0 Å². The topological polar surface area (TPSA) is 90.0 Å². The fourth-order valence-corrected chi connectivity index (χ4v) is 9.32. The van der Waals surface area contributed by atoms with Crippen LogP contribution in [0.1, 0.15) is 36.4 Å². The van der Waals surface area contributed by atoms with Crippen molar-refractivity contribution in [2.45, 2.75) is 41.2 Å². The number of carbonyl (C=O) groups excluding carboxylic acids is 1. The van der Waals surface area contributed by atoms with Crippen molar-refractivity contribution < 1.29 is 18.3 Å². The molecule has 0 aliphatic carbocycles. The number of nitrogens with one attached hydrogen (secondary N) is 1. The first-order valence-electron chi connectivity index (χ1n) is 15.5. The molecule has 2 aliphatic rings. The minimum absolute atomic E-state index is 0.183. The van der Waals surface area contributed by atoms with Crippen molar-refractivity contribution >= 4 is 27.7 Å². The predicted octanol–water partition coefficient (Wildman–Crippen LogP) is 5.65. The number of benzene rings is 4. The number of thioether (sulfide) groups is 1. The Bertz CT molecular complexity index is 1660. The molecule has 2 saturated heterocycles. The summed E-state index contributed by atoms with van der Waals surface area (Å²) >= 11 is 1.36. The van der Waals surface area contributed by atoms with Crippen molar-refractivity contribution in [1.29, 1.82) is 0 Å². The third kappa shape index (κ3) is 7.18. The van der Waals surface area contributed by atoms with Gasteiger partial charge in [-0.3, -0.25) is 4.79 Å². The van der Waals surface area contributed by atoms with Gasteiger partial charge in [0.05, 0.1) is 16.5 Å². The van der Waals surface area contributed by atoms with E-state index in [1.54, 1.807) is 12.1 Å². The van der Waals surface area contributed by atoms with Crippen LogP contribution in [0.4, 0.5) is 0 Å². The van der Waals surface area contributed by atoms with E-state index in [-0.39, 0.29) is 23.4 Å². The lowest BCUT2D eigenvalue weighted by Crippen LogP contribution is -2.46. The van der Waals surface area contributed by atoms with Crippen molar-refractivity contribution in [1.82, 2.24) is 14.5 Å². The van der Waals surface area contributed by atoms with E-state index in [0.29, 0.717) is 25.0 Å². The molecule has 45 heavy (non-hydrogen) atoms. The molecule has 9 heteroatoms. The third-order valence-corrected chi connectivity index (χ3v) is 12.1. The number of carbonyl (C=O) groups is 1. The quantitative estimate of drug-likeness (QED) is 0.233. The molecular weight excluding hydrogens is 603 g/mol. The largest absolute Gasteiger partial charge is 0.385 e. The van der Waals surface area contributed by atoms with E-state index in [9.17, 15) is 18.3 Å². The van der Waals surface area contributed by atoms with Crippen molar-refractivity contribution in [3.63, 3.8) is 0 Å². The van der Waals surface area contributed by atoms with Crippen molar-refractivity contribution in [3.8, 4) is 11.1 Å². The zero-order valence-corrected chi connectivity index (χ0v) is 26.8. The normalized spacial score (nSPS) is 19.6. The zero-order valence-electron chi connectivity index (χ0n) is 25.2. The van der Waals surface area contributed by atoms with Crippen LogP contribution >= 0.6 is 11.8 Å². The number of hydrogen-bond donors (Lipinski definition) is 2. The van der Waals surface area contributed by atoms with Gasteiger partial charge < -0.3 is 15.3 Å². The maximum Gasteiger partial charge on any atom is 0.249 e. The van der Waals surface area contributed by atoms with Crippen LogP contribution in [0.2, 0.25) is 0 Å². The molecule has 4 aromatic carbocycles.